The summed E-state index contributed by atoms with van der Waals surface area (Å²) in [5, 5.41) is 9.36. The van der Waals surface area contributed by atoms with Gasteiger partial charge in [-0.05, 0) is 32.1 Å². The Bertz CT molecular complexity index is 599. The molecule has 0 aromatic carbocycles. The van der Waals surface area contributed by atoms with Gasteiger partial charge >= 0.3 is 11.9 Å². The van der Waals surface area contributed by atoms with Gasteiger partial charge in [0.2, 0.25) is 0 Å². The highest BCUT2D eigenvalue weighted by atomic mass is 16.9. The smallest absolute Gasteiger partial charge is 0.307 e. The van der Waals surface area contributed by atoms with Crippen LogP contribution in [0, 0.1) is 17.3 Å². The molecule has 1 aliphatic carbocycles. The largest absolute Gasteiger partial charge is 0.481 e. The van der Waals surface area contributed by atoms with Crippen LogP contribution in [0.5, 0.6) is 0 Å². The second-order valence-corrected chi connectivity index (χ2v) is 8.03. The molecule has 0 aliphatic heterocycles. The van der Waals surface area contributed by atoms with Crippen molar-refractivity contribution >= 4 is 23.3 Å². The van der Waals surface area contributed by atoms with Crippen molar-refractivity contribution in [2.75, 3.05) is 19.8 Å². The summed E-state index contributed by atoms with van der Waals surface area (Å²) < 4.78 is 17.2. The average Bonchev–Trinajstić information content (AvgIpc) is 3.13. The molecular weight excluding hydrogens is 380 g/mol. The van der Waals surface area contributed by atoms with Crippen molar-refractivity contribution < 1.29 is 38.5 Å². The lowest BCUT2D eigenvalue weighted by atomic mass is 10.1. The van der Waals surface area contributed by atoms with Gasteiger partial charge in [0.15, 0.2) is 0 Å². The minimum Gasteiger partial charge on any atom is -0.481 e. The molecule has 0 aromatic rings. The molecule has 0 amide bonds. The number of carboxylic acid groups (broad SMARTS) is 1. The third-order valence-electron chi connectivity index (χ3n) is 4.96. The van der Waals surface area contributed by atoms with E-state index >= 15 is 0 Å². The van der Waals surface area contributed by atoms with Crippen LogP contribution in [-0.4, -0.2) is 54.2 Å². The van der Waals surface area contributed by atoms with Crippen LogP contribution in [0.1, 0.15) is 53.9 Å². The minimum atomic E-state index is -1.71. The van der Waals surface area contributed by atoms with Gasteiger partial charge in [-0.25, -0.2) is 0 Å². The molecule has 29 heavy (non-hydrogen) atoms. The standard InChI is InChI=1S/C21H32O8/c1-14(22)7-11-27-21(28-12-8-15(2)23,29-13-9-16(3)24)10-6-17-18(19(25)26)20(17,4)5/h6,10,17-18H,7-9,11-13H2,1-5H3,(H,25,26). The number of ketones is 3. The van der Waals surface area contributed by atoms with Gasteiger partial charge in [0.25, 0.3) is 0 Å². The number of carboxylic acids is 1. The van der Waals surface area contributed by atoms with Crippen molar-refractivity contribution in [3.63, 3.8) is 0 Å². The first-order valence-electron chi connectivity index (χ1n) is 9.73. The van der Waals surface area contributed by atoms with E-state index in [0.29, 0.717) is 0 Å². The maximum Gasteiger partial charge on any atom is 0.307 e. The third kappa shape index (κ3) is 8.16. The number of Topliss-reactive ketones (excluding diaryl/α,β-unsaturated/α-hetero) is 3. The van der Waals surface area contributed by atoms with Crippen LogP contribution < -0.4 is 0 Å². The number of aliphatic carboxylic acids is 1. The zero-order valence-corrected chi connectivity index (χ0v) is 17.9. The predicted molar refractivity (Wildman–Crippen MR) is 104 cm³/mol. The van der Waals surface area contributed by atoms with E-state index in [1.54, 1.807) is 6.08 Å². The molecule has 164 valence electrons. The summed E-state index contributed by atoms with van der Waals surface area (Å²) in [5.41, 5.74) is -0.424. The molecular formula is C21H32O8. The van der Waals surface area contributed by atoms with Crippen molar-refractivity contribution in [2.24, 2.45) is 17.3 Å². The Kier molecular flexibility index (Phi) is 9.32. The van der Waals surface area contributed by atoms with E-state index in [0.717, 1.165) is 0 Å². The summed E-state index contributed by atoms with van der Waals surface area (Å²) in [5.74, 6) is -3.62. The summed E-state index contributed by atoms with van der Waals surface area (Å²) in [7, 11) is 0. The number of hydrogen-bond donors (Lipinski definition) is 1. The van der Waals surface area contributed by atoms with Gasteiger partial charge < -0.3 is 19.3 Å². The number of carbonyl (C=O) groups excluding carboxylic acids is 3. The molecule has 1 aliphatic rings. The van der Waals surface area contributed by atoms with Gasteiger partial charge in [-0.2, -0.15) is 0 Å². The van der Waals surface area contributed by atoms with E-state index in [2.05, 4.69) is 0 Å². The number of rotatable bonds is 15. The molecule has 0 radical (unpaired) electrons. The highest BCUT2D eigenvalue weighted by molar-refractivity contribution is 5.76. The second-order valence-electron chi connectivity index (χ2n) is 8.03. The van der Waals surface area contributed by atoms with E-state index in [4.69, 9.17) is 14.2 Å². The van der Waals surface area contributed by atoms with Crippen LogP contribution in [0.25, 0.3) is 0 Å². The van der Waals surface area contributed by atoms with Crippen LogP contribution in [0.3, 0.4) is 0 Å². The number of ether oxygens (including phenoxy) is 3. The number of allylic oxidation sites excluding steroid dienone is 1. The van der Waals surface area contributed by atoms with Gasteiger partial charge in [0, 0.05) is 25.3 Å². The van der Waals surface area contributed by atoms with E-state index < -0.39 is 23.3 Å². The summed E-state index contributed by atoms with van der Waals surface area (Å²) in [6.07, 6.45) is 3.56. The van der Waals surface area contributed by atoms with Crippen LogP contribution in [0.4, 0.5) is 0 Å². The van der Waals surface area contributed by atoms with E-state index in [9.17, 15) is 24.3 Å². The van der Waals surface area contributed by atoms with Crippen LogP contribution in [0.15, 0.2) is 12.2 Å². The van der Waals surface area contributed by atoms with Crippen molar-refractivity contribution in [1.29, 1.82) is 0 Å². The molecule has 0 saturated heterocycles. The number of carbonyl (C=O) groups is 4. The van der Waals surface area contributed by atoms with Crippen LogP contribution in [0.2, 0.25) is 0 Å². The maximum absolute atomic E-state index is 11.4. The molecule has 8 nitrogen and oxygen atoms in total. The van der Waals surface area contributed by atoms with E-state index in [1.165, 1.54) is 26.8 Å². The van der Waals surface area contributed by atoms with Crippen molar-refractivity contribution in [1.82, 2.24) is 0 Å². The molecule has 0 bridgehead atoms. The monoisotopic (exact) mass is 412 g/mol. The van der Waals surface area contributed by atoms with Gasteiger partial charge in [0.05, 0.1) is 25.7 Å². The van der Waals surface area contributed by atoms with Gasteiger partial charge in [0.1, 0.15) is 17.3 Å². The predicted octanol–water partition coefficient (Wildman–Crippen LogP) is 2.54. The fourth-order valence-corrected chi connectivity index (χ4v) is 3.01. The fraction of sp³-hybridized carbons (Fsp3) is 0.714. The van der Waals surface area contributed by atoms with E-state index in [-0.39, 0.29) is 62.4 Å². The Morgan fingerprint density at radius 1 is 0.862 bits per heavy atom. The third-order valence-corrected chi connectivity index (χ3v) is 4.96. The van der Waals surface area contributed by atoms with Crippen LogP contribution in [-0.2, 0) is 33.4 Å². The van der Waals surface area contributed by atoms with Crippen molar-refractivity contribution in [2.45, 2.75) is 59.9 Å². The van der Waals surface area contributed by atoms with Gasteiger partial charge in [-0.3, -0.25) is 19.2 Å². The Balaban J connectivity index is 3.02. The molecule has 0 spiro atoms. The van der Waals surface area contributed by atoms with E-state index in [1.807, 2.05) is 13.8 Å². The first kappa shape index (κ1) is 25.1. The fourth-order valence-electron chi connectivity index (χ4n) is 3.01. The molecule has 1 N–H and O–H groups in total. The highest BCUT2D eigenvalue weighted by Gasteiger charge is 2.61. The lowest BCUT2D eigenvalue weighted by Crippen LogP contribution is -2.39. The summed E-state index contributed by atoms with van der Waals surface area (Å²) in [6, 6.07) is 0. The Morgan fingerprint density at radius 3 is 1.52 bits per heavy atom. The number of hydrogen-bond acceptors (Lipinski definition) is 7. The molecule has 0 heterocycles. The van der Waals surface area contributed by atoms with Gasteiger partial charge in [-0.15, -0.1) is 0 Å². The minimum absolute atomic E-state index is 0.0102. The highest BCUT2D eigenvalue weighted by Crippen LogP contribution is 2.59. The normalized spacial score (nSPS) is 20.6. The molecule has 0 aromatic heterocycles. The second kappa shape index (κ2) is 10.8. The summed E-state index contributed by atoms with van der Waals surface area (Å²) in [6.45, 7) is 8.02. The lowest BCUT2D eigenvalue weighted by molar-refractivity contribution is -0.349. The Morgan fingerprint density at radius 2 is 1.24 bits per heavy atom. The zero-order valence-electron chi connectivity index (χ0n) is 17.9. The van der Waals surface area contributed by atoms with Crippen molar-refractivity contribution in [3.8, 4) is 0 Å². The summed E-state index contributed by atoms with van der Waals surface area (Å²) >= 11 is 0. The average molecular weight is 412 g/mol. The lowest BCUT2D eigenvalue weighted by Gasteiger charge is -2.30. The maximum atomic E-state index is 11.4. The Hall–Kier alpha value is -1.90. The molecule has 1 rings (SSSR count). The van der Waals surface area contributed by atoms with Crippen LogP contribution >= 0.6 is 0 Å². The molecule has 1 fully saturated rings. The SMILES string of the molecule is CC(=O)CCOC(C=CC1C(C(=O)O)C1(C)C)(OCCC(C)=O)OCCC(C)=O. The zero-order chi connectivity index (χ0) is 22.2. The molecule has 2 unspecified atom stereocenters. The van der Waals surface area contributed by atoms with Gasteiger partial charge in [-0.1, -0.05) is 19.9 Å². The molecule has 8 heteroatoms. The van der Waals surface area contributed by atoms with Crippen molar-refractivity contribution in [3.05, 3.63) is 12.2 Å². The molecule has 1 saturated carbocycles. The Labute approximate surface area is 171 Å². The topological polar surface area (TPSA) is 116 Å². The summed E-state index contributed by atoms with van der Waals surface area (Å²) in [4.78, 5) is 45.3. The first-order chi connectivity index (χ1) is 13.4. The first-order valence-corrected chi connectivity index (χ1v) is 9.73. The quantitative estimate of drug-likeness (QED) is 0.322. The molecule has 2 atom stereocenters.